The molecule has 0 aliphatic carbocycles. The van der Waals surface area contributed by atoms with Gasteiger partial charge in [-0.15, -0.1) is 0 Å². The second-order valence-corrected chi connectivity index (χ2v) is 3.42. The number of nitrogens with one attached hydrogen (secondary N) is 1. The van der Waals surface area contributed by atoms with Gasteiger partial charge in [0.2, 0.25) is 0 Å². The number of rotatable bonds is 4. The molecule has 0 heterocycles. The Morgan fingerprint density at radius 2 is 2.08 bits per heavy atom. The van der Waals surface area contributed by atoms with Crippen LogP contribution in [0.1, 0.15) is 13.8 Å². The van der Waals surface area contributed by atoms with E-state index in [2.05, 4.69) is 10.8 Å². The summed E-state index contributed by atoms with van der Waals surface area (Å²) >= 11 is 0. The Hall–Kier alpha value is -0.880. The summed E-state index contributed by atoms with van der Waals surface area (Å²) in [6, 6.07) is 0. The molecule has 12 heavy (non-hydrogen) atoms. The largest absolute Gasteiger partial charge is 0.362 e. The van der Waals surface area contributed by atoms with Crippen LogP contribution in [-0.4, -0.2) is 20.9 Å². The van der Waals surface area contributed by atoms with Gasteiger partial charge in [0.05, 0.1) is 6.61 Å². The van der Waals surface area contributed by atoms with Crippen LogP contribution in [-0.2, 0) is 19.3 Å². The maximum Gasteiger partial charge on any atom is 0.362 e. The predicted molar refractivity (Wildman–Crippen MR) is 43.5 cm³/mol. The highest BCUT2D eigenvalue weighted by molar-refractivity contribution is 7.85. The van der Waals surface area contributed by atoms with Crippen LogP contribution in [0.4, 0.5) is 0 Å². The minimum Gasteiger partial charge on any atom is -0.269 e. The van der Waals surface area contributed by atoms with Crippen molar-refractivity contribution in [3.8, 4) is 0 Å². The van der Waals surface area contributed by atoms with Gasteiger partial charge in [0.1, 0.15) is 0 Å². The molecule has 1 amide bonds. The van der Waals surface area contributed by atoms with Crippen molar-refractivity contribution in [3.63, 3.8) is 0 Å². The second kappa shape index (κ2) is 4.22. The Morgan fingerprint density at radius 3 is 2.42 bits per heavy atom. The Morgan fingerprint density at radius 1 is 1.58 bits per heavy atom. The third-order valence-electron chi connectivity index (χ3n) is 0.878. The van der Waals surface area contributed by atoms with Gasteiger partial charge in [-0.3, -0.25) is 8.98 Å². The van der Waals surface area contributed by atoms with Crippen LogP contribution in [0.15, 0.2) is 12.2 Å². The van der Waals surface area contributed by atoms with E-state index in [1.165, 1.54) is 13.8 Å². The maximum absolute atomic E-state index is 10.8. The van der Waals surface area contributed by atoms with E-state index in [4.69, 9.17) is 0 Å². The Kier molecular flexibility index (Phi) is 3.91. The normalized spacial score (nSPS) is 10.8. The van der Waals surface area contributed by atoms with Crippen LogP contribution in [0, 0.1) is 0 Å². The van der Waals surface area contributed by atoms with Gasteiger partial charge < -0.3 is 0 Å². The zero-order valence-electron chi connectivity index (χ0n) is 6.96. The summed E-state index contributed by atoms with van der Waals surface area (Å²) in [7, 11) is -3.94. The van der Waals surface area contributed by atoms with Crippen molar-refractivity contribution in [2.24, 2.45) is 0 Å². The SMILES string of the molecule is C=C(C)C(=O)NS(=O)(=O)OCC. The van der Waals surface area contributed by atoms with E-state index in [9.17, 15) is 13.2 Å². The van der Waals surface area contributed by atoms with Crippen LogP contribution >= 0.6 is 0 Å². The second-order valence-electron chi connectivity index (χ2n) is 2.07. The molecule has 0 bridgehead atoms. The summed E-state index contributed by atoms with van der Waals surface area (Å²) in [5, 5.41) is 0. The molecular formula is C6H11NO4S. The molecule has 6 heteroatoms. The first-order chi connectivity index (χ1) is 5.39. The number of hydrogen-bond acceptors (Lipinski definition) is 4. The fourth-order valence-electron chi connectivity index (χ4n) is 0.385. The van der Waals surface area contributed by atoms with E-state index in [0.717, 1.165) is 0 Å². The van der Waals surface area contributed by atoms with Crippen molar-refractivity contribution in [1.82, 2.24) is 4.72 Å². The first kappa shape index (κ1) is 11.1. The molecular weight excluding hydrogens is 182 g/mol. The van der Waals surface area contributed by atoms with Crippen LogP contribution < -0.4 is 4.72 Å². The minimum atomic E-state index is -3.94. The number of amides is 1. The quantitative estimate of drug-likeness (QED) is 0.636. The number of carbonyl (C=O) groups excluding carboxylic acids is 1. The molecule has 0 aromatic rings. The van der Waals surface area contributed by atoms with E-state index < -0.39 is 16.2 Å². The predicted octanol–water partition coefficient (Wildman–Crippen LogP) is -0.0400. The third kappa shape index (κ3) is 4.09. The molecule has 0 aromatic carbocycles. The van der Waals surface area contributed by atoms with E-state index >= 15 is 0 Å². The highest BCUT2D eigenvalue weighted by atomic mass is 32.2. The monoisotopic (exact) mass is 193 g/mol. The lowest BCUT2D eigenvalue weighted by molar-refractivity contribution is -0.115. The summed E-state index contributed by atoms with van der Waals surface area (Å²) in [6.07, 6.45) is 0. The summed E-state index contributed by atoms with van der Waals surface area (Å²) in [4.78, 5) is 10.8. The smallest absolute Gasteiger partial charge is 0.269 e. The van der Waals surface area contributed by atoms with Crippen molar-refractivity contribution in [3.05, 3.63) is 12.2 Å². The van der Waals surface area contributed by atoms with Crippen LogP contribution in [0.25, 0.3) is 0 Å². The zero-order chi connectivity index (χ0) is 9.78. The molecule has 0 saturated carbocycles. The highest BCUT2D eigenvalue weighted by Crippen LogP contribution is 1.91. The molecule has 5 nitrogen and oxygen atoms in total. The first-order valence-corrected chi connectivity index (χ1v) is 4.67. The highest BCUT2D eigenvalue weighted by Gasteiger charge is 2.13. The van der Waals surface area contributed by atoms with Crippen molar-refractivity contribution < 1.29 is 17.4 Å². The lowest BCUT2D eigenvalue weighted by Gasteiger charge is -2.04. The Labute approximate surface area is 71.7 Å². The standard InChI is InChI=1S/C6H11NO4S/c1-4-11-12(9,10)7-6(8)5(2)3/h2,4H2,1,3H3,(H,7,8). The molecule has 0 atom stereocenters. The van der Waals surface area contributed by atoms with Gasteiger partial charge in [-0.05, 0) is 13.8 Å². The fraction of sp³-hybridized carbons (Fsp3) is 0.500. The molecule has 0 aliphatic heterocycles. The van der Waals surface area contributed by atoms with Crippen molar-refractivity contribution >= 4 is 16.2 Å². The molecule has 1 N–H and O–H groups in total. The topological polar surface area (TPSA) is 72.5 Å². The minimum absolute atomic E-state index is 0.0151. The molecule has 0 unspecified atom stereocenters. The van der Waals surface area contributed by atoms with Gasteiger partial charge in [0.25, 0.3) is 5.91 Å². The maximum atomic E-state index is 10.8. The Balaban J connectivity index is 4.26. The van der Waals surface area contributed by atoms with Gasteiger partial charge in [-0.25, -0.2) is 4.72 Å². The van der Waals surface area contributed by atoms with E-state index in [1.54, 1.807) is 4.72 Å². The van der Waals surface area contributed by atoms with Crippen molar-refractivity contribution in [1.29, 1.82) is 0 Å². The molecule has 0 radical (unpaired) electrons. The summed E-state index contributed by atoms with van der Waals surface area (Å²) < 4.78 is 27.4. The molecule has 0 aliphatic rings. The van der Waals surface area contributed by atoms with E-state index in [1.807, 2.05) is 0 Å². The van der Waals surface area contributed by atoms with Crippen molar-refractivity contribution in [2.75, 3.05) is 6.61 Å². The fourth-order valence-corrected chi connectivity index (χ4v) is 1.16. The van der Waals surface area contributed by atoms with Gasteiger partial charge in [-0.2, -0.15) is 8.42 Å². The molecule has 0 rings (SSSR count). The average molecular weight is 193 g/mol. The van der Waals surface area contributed by atoms with Crippen LogP contribution in [0.3, 0.4) is 0 Å². The van der Waals surface area contributed by atoms with Gasteiger partial charge >= 0.3 is 10.3 Å². The van der Waals surface area contributed by atoms with Crippen LogP contribution in [0.5, 0.6) is 0 Å². The number of carbonyl (C=O) groups is 1. The van der Waals surface area contributed by atoms with Gasteiger partial charge in [0.15, 0.2) is 0 Å². The molecule has 0 saturated heterocycles. The molecule has 0 spiro atoms. The summed E-state index contributed by atoms with van der Waals surface area (Å²) in [5.41, 5.74) is 0.110. The summed E-state index contributed by atoms with van der Waals surface area (Å²) in [6.45, 7) is 6.16. The molecule has 70 valence electrons. The van der Waals surface area contributed by atoms with Gasteiger partial charge in [0, 0.05) is 5.57 Å². The molecule has 0 fully saturated rings. The zero-order valence-corrected chi connectivity index (χ0v) is 7.77. The first-order valence-electron chi connectivity index (χ1n) is 3.26. The van der Waals surface area contributed by atoms with E-state index in [0.29, 0.717) is 0 Å². The average Bonchev–Trinajstić information content (AvgIpc) is 1.85. The van der Waals surface area contributed by atoms with Gasteiger partial charge in [-0.1, -0.05) is 6.58 Å². The number of hydrogen-bond donors (Lipinski definition) is 1. The summed E-state index contributed by atoms with van der Waals surface area (Å²) in [5.74, 6) is -0.761. The van der Waals surface area contributed by atoms with E-state index in [-0.39, 0.29) is 12.2 Å². The van der Waals surface area contributed by atoms with Crippen LogP contribution in [0.2, 0.25) is 0 Å². The van der Waals surface area contributed by atoms with Crippen molar-refractivity contribution in [2.45, 2.75) is 13.8 Å². The molecule has 0 aromatic heterocycles. The lowest BCUT2D eigenvalue weighted by Crippen LogP contribution is -2.32. The third-order valence-corrected chi connectivity index (χ3v) is 1.86. The Bertz CT molecular complexity index is 280. The lowest BCUT2D eigenvalue weighted by atomic mass is 10.3.